The second-order valence-corrected chi connectivity index (χ2v) is 5.14. The van der Waals surface area contributed by atoms with E-state index in [0.29, 0.717) is 25.0 Å². The summed E-state index contributed by atoms with van der Waals surface area (Å²) in [6.45, 7) is 6.30. The van der Waals surface area contributed by atoms with Gasteiger partial charge in [-0.1, -0.05) is 23.2 Å². The van der Waals surface area contributed by atoms with Gasteiger partial charge in [0.25, 0.3) is 0 Å². The molecular formula is C11H14Cl2FN3O. The maximum absolute atomic E-state index is 13.2. The van der Waals surface area contributed by atoms with E-state index in [1.165, 1.54) is 0 Å². The first kappa shape index (κ1) is 13.9. The molecule has 1 aromatic heterocycles. The van der Waals surface area contributed by atoms with Gasteiger partial charge in [0.2, 0.25) is 0 Å². The smallest absolute Gasteiger partial charge is 0.197 e. The Labute approximate surface area is 115 Å². The lowest BCUT2D eigenvalue weighted by Crippen LogP contribution is -2.42. The molecule has 0 bridgehead atoms. The van der Waals surface area contributed by atoms with Crippen molar-refractivity contribution in [3.8, 4) is 0 Å². The van der Waals surface area contributed by atoms with Crippen molar-refractivity contribution in [1.82, 2.24) is 14.9 Å². The predicted molar refractivity (Wildman–Crippen MR) is 67.4 cm³/mol. The van der Waals surface area contributed by atoms with Crippen molar-refractivity contribution in [2.45, 2.75) is 26.0 Å². The van der Waals surface area contributed by atoms with Crippen LogP contribution in [0.15, 0.2) is 0 Å². The standard InChI is InChI=1S/C11H14Cl2FN3O/c1-6(2)17-3-4-18-7(5-17)11-15-9(12)8(14)10(13)16-11/h6-7H,3-5H2,1-2H3. The second kappa shape index (κ2) is 5.65. The summed E-state index contributed by atoms with van der Waals surface area (Å²) >= 11 is 11.3. The van der Waals surface area contributed by atoms with Crippen molar-refractivity contribution in [2.24, 2.45) is 0 Å². The molecule has 0 N–H and O–H groups in total. The molecule has 100 valence electrons. The van der Waals surface area contributed by atoms with Crippen LogP contribution in [-0.4, -0.2) is 40.6 Å². The lowest BCUT2D eigenvalue weighted by Gasteiger charge is -2.34. The van der Waals surface area contributed by atoms with Gasteiger partial charge in [0.15, 0.2) is 21.9 Å². The topological polar surface area (TPSA) is 38.2 Å². The molecule has 0 saturated carbocycles. The third-order valence-electron chi connectivity index (χ3n) is 2.90. The van der Waals surface area contributed by atoms with Gasteiger partial charge in [0, 0.05) is 19.1 Å². The summed E-state index contributed by atoms with van der Waals surface area (Å²) in [5, 5.41) is -0.537. The predicted octanol–water partition coefficient (Wildman–Crippen LogP) is 2.70. The molecule has 1 aliphatic rings. The highest BCUT2D eigenvalue weighted by Gasteiger charge is 2.27. The van der Waals surface area contributed by atoms with Crippen molar-refractivity contribution in [2.75, 3.05) is 19.7 Å². The number of morpholine rings is 1. The maximum Gasteiger partial charge on any atom is 0.197 e. The van der Waals surface area contributed by atoms with Crippen molar-refractivity contribution in [3.63, 3.8) is 0 Å². The van der Waals surface area contributed by atoms with E-state index in [2.05, 4.69) is 28.7 Å². The fraction of sp³-hybridized carbons (Fsp3) is 0.636. The van der Waals surface area contributed by atoms with Crippen LogP contribution < -0.4 is 0 Å². The number of hydrogen-bond donors (Lipinski definition) is 0. The fourth-order valence-electron chi connectivity index (χ4n) is 1.85. The first-order valence-corrected chi connectivity index (χ1v) is 6.48. The Morgan fingerprint density at radius 3 is 2.50 bits per heavy atom. The van der Waals surface area contributed by atoms with Gasteiger partial charge >= 0.3 is 0 Å². The first-order valence-electron chi connectivity index (χ1n) is 5.73. The highest BCUT2D eigenvalue weighted by atomic mass is 35.5. The molecule has 1 aliphatic heterocycles. The lowest BCUT2D eigenvalue weighted by atomic mass is 10.2. The first-order chi connectivity index (χ1) is 8.49. The average Bonchev–Trinajstić information content (AvgIpc) is 2.35. The Bertz CT molecular complexity index is 421. The van der Waals surface area contributed by atoms with Crippen LogP contribution in [0.4, 0.5) is 4.39 Å². The van der Waals surface area contributed by atoms with E-state index < -0.39 is 5.82 Å². The van der Waals surface area contributed by atoms with Crippen molar-refractivity contribution >= 4 is 23.2 Å². The normalized spacial score (nSPS) is 21.6. The molecule has 1 saturated heterocycles. The minimum Gasteiger partial charge on any atom is -0.368 e. The van der Waals surface area contributed by atoms with Crippen LogP contribution in [0.1, 0.15) is 25.8 Å². The Balaban J connectivity index is 2.21. The molecule has 0 amide bonds. The van der Waals surface area contributed by atoms with Crippen molar-refractivity contribution in [3.05, 3.63) is 21.9 Å². The van der Waals surface area contributed by atoms with Crippen LogP contribution >= 0.6 is 23.2 Å². The number of rotatable bonds is 2. The molecule has 1 aromatic rings. The van der Waals surface area contributed by atoms with E-state index in [9.17, 15) is 4.39 Å². The number of hydrogen-bond acceptors (Lipinski definition) is 4. The largest absolute Gasteiger partial charge is 0.368 e. The molecule has 0 spiro atoms. The van der Waals surface area contributed by atoms with Gasteiger partial charge in [-0.15, -0.1) is 0 Å². The van der Waals surface area contributed by atoms with Crippen LogP contribution in [0, 0.1) is 5.82 Å². The van der Waals surface area contributed by atoms with Crippen LogP contribution in [0.5, 0.6) is 0 Å². The summed E-state index contributed by atoms with van der Waals surface area (Å²) in [7, 11) is 0. The zero-order valence-corrected chi connectivity index (χ0v) is 11.7. The van der Waals surface area contributed by atoms with E-state index in [0.717, 1.165) is 6.54 Å². The molecule has 4 nitrogen and oxygen atoms in total. The zero-order chi connectivity index (χ0) is 13.3. The SMILES string of the molecule is CC(C)N1CCOC(c2nc(Cl)c(F)c(Cl)n2)C1. The van der Waals surface area contributed by atoms with Gasteiger partial charge in [0.05, 0.1) is 6.61 Å². The number of nitrogens with zero attached hydrogens (tertiary/aromatic N) is 3. The molecule has 0 aliphatic carbocycles. The molecule has 1 fully saturated rings. The molecule has 1 unspecified atom stereocenters. The molecule has 2 rings (SSSR count). The Morgan fingerprint density at radius 1 is 1.33 bits per heavy atom. The highest BCUT2D eigenvalue weighted by molar-refractivity contribution is 6.33. The van der Waals surface area contributed by atoms with Gasteiger partial charge in [0.1, 0.15) is 6.10 Å². The number of halogens is 3. The summed E-state index contributed by atoms with van der Waals surface area (Å²) in [5.74, 6) is -0.463. The number of ether oxygens (including phenoxy) is 1. The third kappa shape index (κ3) is 2.91. The Morgan fingerprint density at radius 2 is 1.94 bits per heavy atom. The Hall–Kier alpha value is -0.490. The third-order valence-corrected chi connectivity index (χ3v) is 3.40. The van der Waals surface area contributed by atoms with Crippen molar-refractivity contribution in [1.29, 1.82) is 0 Å². The van der Waals surface area contributed by atoms with E-state index in [1.54, 1.807) is 0 Å². The maximum atomic E-state index is 13.2. The molecule has 1 atom stereocenters. The molecule has 2 heterocycles. The van der Waals surface area contributed by atoms with Gasteiger partial charge in [-0.05, 0) is 13.8 Å². The molecule has 0 radical (unpaired) electrons. The lowest BCUT2D eigenvalue weighted by molar-refractivity contribution is -0.0443. The summed E-state index contributed by atoms with van der Waals surface area (Å²) in [4.78, 5) is 10.0. The van der Waals surface area contributed by atoms with Gasteiger partial charge in [-0.2, -0.15) is 0 Å². The minimum absolute atomic E-state index is 0.268. The second-order valence-electron chi connectivity index (χ2n) is 4.43. The van der Waals surface area contributed by atoms with Gasteiger partial charge < -0.3 is 4.74 Å². The molecule has 0 aromatic carbocycles. The van der Waals surface area contributed by atoms with Gasteiger partial charge in [-0.3, -0.25) is 4.90 Å². The summed E-state index contributed by atoms with van der Waals surface area (Å²) in [6, 6.07) is 0.405. The molecular weight excluding hydrogens is 280 g/mol. The van der Waals surface area contributed by atoms with Crippen LogP contribution in [0.2, 0.25) is 10.3 Å². The minimum atomic E-state index is -0.793. The monoisotopic (exact) mass is 293 g/mol. The summed E-state index contributed by atoms with van der Waals surface area (Å²) in [5.41, 5.74) is 0. The van der Waals surface area contributed by atoms with E-state index in [4.69, 9.17) is 27.9 Å². The summed E-state index contributed by atoms with van der Waals surface area (Å²) in [6.07, 6.45) is -0.322. The molecule has 7 heteroatoms. The van der Waals surface area contributed by atoms with Crippen molar-refractivity contribution < 1.29 is 9.13 Å². The summed E-state index contributed by atoms with van der Waals surface area (Å²) < 4.78 is 18.8. The number of aromatic nitrogens is 2. The van der Waals surface area contributed by atoms with Crippen LogP contribution in [-0.2, 0) is 4.74 Å². The Kier molecular flexibility index (Phi) is 4.37. The van der Waals surface area contributed by atoms with E-state index >= 15 is 0 Å². The molecule has 18 heavy (non-hydrogen) atoms. The highest BCUT2D eigenvalue weighted by Crippen LogP contribution is 2.25. The van der Waals surface area contributed by atoms with E-state index in [1.807, 2.05) is 0 Å². The van der Waals surface area contributed by atoms with E-state index in [-0.39, 0.29) is 16.4 Å². The van der Waals surface area contributed by atoms with Gasteiger partial charge in [-0.25, -0.2) is 14.4 Å². The quantitative estimate of drug-likeness (QED) is 0.786. The average molecular weight is 294 g/mol. The fourth-order valence-corrected chi connectivity index (χ4v) is 2.25. The van der Waals surface area contributed by atoms with Crippen LogP contribution in [0.3, 0.4) is 0 Å². The zero-order valence-electron chi connectivity index (χ0n) is 10.2. The van der Waals surface area contributed by atoms with Crippen LogP contribution in [0.25, 0.3) is 0 Å².